The maximum atomic E-state index is 13.5. The number of nitrogens with two attached hydrogens (primary N) is 1. The molecule has 1 aromatic rings. The number of piperidine rings is 1. The summed E-state index contributed by atoms with van der Waals surface area (Å²) in [4.78, 5) is 4.07. The summed E-state index contributed by atoms with van der Waals surface area (Å²) in [5, 5.41) is 2.49. The molecule has 0 radical (unpaired) electrons. The van der Waals surface area contributed by atoms with E-state index in [1.807, 2.05) is 0 Å². The van der Waals surface area contributed by atoms with E-state index in [-0.39, 0.29) is 48.2 Å². The number of benzene rings is 1. The number of anilines is 1. The molecular weight excluding hydrogens is 453 g/mol. The first-order valence-corrected chi connectivity index (χ1v) is 9.11. The van der Waals surface area contributed by atoms with E-state index in [9.17, 15) is 17.2 Å². The lowest BCUT2D eigenvalue weighted by molar-refractivity contribution is 0.259. The normalized spacial score (nSPS) is 19.6. The van der Waals surface area contributed by atoms with Crippen molar-refractivity contribution in [2.24, 2.45) is 10.7 Å². The van der Waals surface area contributed by atoms with Gasteiger partial charge in [0.15, 0.2) is 5.96 Å². The first kappa shape index (κ1) is 21.0. The smallest absolute Gasteiger partial charge is 0.211 e. The third-order valence-corrected chi connectivity index (χ3v) is 5.00. The number of guanidine groups is 1. The van der Waals surface area contributed by atoms with Gasteiger partial charge in [0.25, 0.3) is 0 Å². The van der Waals surface area contributed by atoms with Crippen LogP contribution in [0, 0.1) is 11.6 Å². The number of rotatable bonds is 4. The molecule has 3 N–H and O–H groups in total. The quantitative estimate of drug-likeness (QED) is 0.398. The van der Waals surface area contributed by atoms with E-state index in [4.69, 9.17) is 5.73 Å². The third-order valence-electron chi connectivity index (χ3n) is 3.66. The van der Waals surface area contributed by atoms with Gasteiger partial charge in [-0.25, -0.2) is 17.2 Å². The summed E-state index contributed by atoms with van der Waals surface area (Å²) in [5.74, 6) is -1.34. The molecule has 0 aliphatic carbocycles. The molecule has 0 saturated carbocycles. The molecule has 0 spiro atoms. The maximum absolute atomic E-state index is 13.5. The van der Waals surface area contributed by atoms with Crippen molar-refractivity contribution in [3.63, 3.8) is 0 Å². The minimum absolute atomic E-state index is 0. The van der Waals surface area contributed by atoms with Crippen molar-refractivity contribution < 1.29 is 17.2 Å². The first-order chi connectivity index (χ1) is 10.8. The molecule has 1 heterocycles. The van der Waals surface area contributed by atoms with E-state index in [1.54, 1.807) is 0 Å². The number of hydrogen-bond acceptors (Lipinski definition) is 3. The van der Waals surface area contributed by atoms with Gasteiger partial charge in [-0.3, -0.25) is 4.99 Å². The standard InChI is InChI=1S/C14H20F2N4O2S.HI/c1-23(21,22)20-7-3-2-4-11(20)9-18-14(17)19-13-8-10(15)5-6-12(13)16;/h5-6,8,11H,2-4,7,9H2,1H3,(H3,17,18,19);1H. The lowest BCUT2D eigenvalue weighted by Gasteiger charge is -2.32. The van der Waals surface area contributed by atoms with E-state index >= 15 is 0 Å². The molecule has 6 nitrogen and oxygen atoms in total. The van der Waals surface area contributed by atoms with Gasteiger partial charge in [-0.15, -0.1) is 24.0 Å². The number of nitrogens with zero attached hydrogens (tertiary/aromatic N) is 2. The fourth-order valence-corrected chi connectivity index (χ4v) is 3.74. The Labute approximate surface area is 157 Å². The molecule has 1 aromatic carbocycles. The molecule has 10 heteroatoms. The summed E-state index contributed by atoms with van der Waals surface area (Å²) in [7, 11) is -3.30. The van der Waals surface area contributed by atoms with Crippen LogP contribution in [0.5, 0.6) is 0 Å². The summed E-state index contributed by atoms with van der Waals surface area (Å²) in [5.41, 5.74) is 5.56. The fourth-order valence-electron chi connectivity index (χ4n) is 2.57. The highest BCUT2D eigenvalue weighted by Crippen LogP contribution is 2.20. The van der Waals surface area contributed by atoms with Gasteiger partial charge >= 0.3 is 0 Å². The van der Waals surface area contributed by atoms with Crippen molar-refractivity contribution in [3.05, 3.63) is 29.8 Å². The Morgan fingerprint density at radius 2 is 2.12 bits per heavy atom. The van der Waals surface area contributed by atoms with Crippen LogP contribution in [-0.2, 0) is 10.0 Å². The van der Waals surface area contributed by atoms with Crippen LogP contribution in [0.3, 0.4) is 0 Å². The SMILES string of the molecule is CS(=O)(=O)N1CCCCC1CN=C(N)Nc1cc(F)ccc1F.I. The van der Waals surface area contributed by atoms with Crippen LogP contribution >= 0.6 is 24.0 Å². The highest BCUT2D eigenvalue weighted by Gasteiger charge is 2.29. The predicted octanol–water partition coefficient (Wildman–Crippen LogP) is 2.12. The fraction of sp³-hybridized carbons (Fsp3) is 0.500. The maximum Gasteiger partial charge on any atom is 0.211 e. The van der Waals surface area contributed by atoms with Crippen LogP contribution in [0.4, 0.5) is 14.5 Å². The monoisotopic (exact) mass is 474 g/mol. The summed E-state index contributed by atoms with van der Waals surface area (Å²) in [6.45, 7) is 0.633. The van der Waals surface area contributed by atoms with Crippen LogP contribution < -0.4 is 11.1 Å². The molecule has 2 rings (SSSR count). The second kappa shape index (κ2) is 8.90. The zero-order chi connectivity index (χ0) is 17.0. The van der Waals surface area contributed by atoms with Crippen LogP contribution in [0.2, 0.25) is 0 Å². The van der Waals surface area contributed by atoms with E-state index in [0.717, 1.165) is 31.0 Å². The van der Waals surface area contributed by atoms with Gasteiger partial charge in [-0.2, -0.15) is 4.31 Å². The molecule has 0 bridgehead atoms. The molecule has 1 unspecified atom stereocenters. The number of nitrogens with one attached hydrogen (secondary N) is 1. The van der Waals surface area contributed by atoms with Crippen LogP contribution in [-0.4, -0.2) is 44.1 Å². The number of hydrogen-bond donors (Lipinski definition) is 2. The Bertz CT molecular complexity index is 700. The van der Waals surface area contributed by atoms with Gasteiger partial charge < -0.3 is 11.1 Å². The van der Waals surface area contributed by atoms with E-state index in [0.29, 0.717) is 13.0 Å². The summed E-state index contributed by atoms with van der Waals surface area (Å²) in [6, 6.07) is 2.69. The average molecular weight is 474 g/mol. The van der Waals surface area contributed by atoms with E-state index < -0.39 is 21.7 Å². The molecule has 24 heavy (non-hydrogen) atoms. The molecule has 136 valence electrons. The zero-order valence-electron chi connectivity index (χ0n) is 13.2. The first-order valence-electron chi connectivity index (χ1n) is 7.26. The molecule has 1 atom stereocenters. The van der Waals surface area contributed by atoms with Gasteiger partial charge in [0, 0.05) is 18.7 Å². The molecule has 1 aliphatic rings. The highest BCUT2D eigenvalue weighted by atomic mass is 127. The van der Waals surface area contributed by atoms with Gasteiger partial charge in [0.05, 0.1) is 18.5 Å². The Morgan fingerprint density at radius 1 is 1.42 bits per heavy atom. The van der Waals surface area contributed by atoms with Gasteiger partial charge in [0.1, 0.15) is 11.6 Å². The Balaban J connectivity index is 0.00000288. The average Bonchev–Trinajstić information content (AvgIpc) is 2.48. The largest absolute Gasteiger partial charge is 0.370 e. The Kier molecular flexibility index (Phi) is 7.80. The summed E-state index contributed by atoms with van der Waals surface area (Å²) < 4.78 is 51.5. The summed E-state index contributed by atoms with van der Waals surface area (Å²) in [6.07, 6.45) is 3.59. The van der Waals surface area contributed by atoms with Crippen LogP contribution in [0.15, 0.2) is 23.2 Å². The minimum Gasteiger partial charge on any atom is -0.370 e. The van der Waals surface area contributed by atoms with Crippen molar-refractivity contribution in [2.45, 2.75) is 25.3 Å². The van der Waals surface area contributed by atoms with Crippen LogP contribution in [0.1, 0.15) is 19.3 Å². The van der Waals surface area contributed by atoms with Crippen molar-refractivity contribution in [1.82, 2.24) is 4.31 Å². The van der Waals surface area contributed by atoms with Crippen molar-refractivity contribution in [3.8, 4) is 0 Å². The molecule has 0 aromatic heterocycles. The highest BCUT2D eigenvalue weighted by molar-refractivity contribution is 14.0. The Hall–Kier alpha value is -1.01. The minimum atomic E-state index is -3.30. The molecule has 1 fully saturated rings. The second-order valence-corrected chi connectivity index (χ2v) is 7.43. The van der Waals surface area contributed by atoms with Gasteiger partial charge in [-0.1, -0.05) is 6.42 Å². The van der Waals surface area contributed by atoms with Crippen molar-refractivity contribution in [2.75, 3.05) is 24.7 Å². The number of halogens is 3. The van der Waals surface area contributed by atoms with Crippen LogP contribution in [0.25, 0.3) is 0 Å². The van der Waals surface area contributed by atoms with E-state index in [1.165, 1.54) is 10.6 Å². The molecule has 0 amide bonds. The lowest BCUT2D eigenvalue weighted by Crippen LogP contribution is -2.45. The second-order valence-electron chi connectivity index (χ2n) is 5.50. The van der Waals surface area contributed by atoms with E-state index in [2.05, 4.69) is 10.3 Å². The molecule has 1 aliphatic heterocycles. The lowest BCUT2D eigenvalue weighted by atomic mass is 10.1. The Morgan fingerprint density at radius 3 is 2.79 bits per heavy atom. The summed E-state index contributed by atoms with van der Waals surface area (Å²) >= 11 is 0. The molecular formula is C14H21F2IN4O2S. The molecule has 1 saturated heterocycles. The van der Waals surface area contributed by atoms with Gasteiger partial charge in [-0.05, 0) is 25.0 Å². The zero-order valence-corrected chi connectivity index (χ0v) is 16.4. The topological polar surface area (TPSA) is 87.8 Å². The number of aliphatic imine (C=N–C) groups is 1. The number of sulfonamides is 1. The van der Waals surface area contributed by atoms with Crippen molar-refractivity contribution in [1.29, 1.82) is 0 Å². The third kappa shape index (κ3) is 5.81. The van der Waals surface area contributed by atoms with Gasteiger partial charge in [0.2, 0.25) is 10.0 Å². The predicted molar refractivity (Wildman–Crippen MR) is 101 cm³/mol. The van der Waals surface area contributed by atoms with Crippen molar-refractivity contribution >= 4 is 45.6 Å².